The lowest BCUT2D eigenvalue weighted by atomic mass is 9.76. The van der Waals surface area contributed by atoms with Gasteiger partial charge in [-0.3, -0.25) is 9.59 Å². The van der Waals surface area contributed by atoms with Crippen LogP contribution in [0.25, 0.3) is 0 Å². The quantitative estimate of drug-likeness (QED) is 0.0259. The maximum atomic E-state index is 15.8. The molecule has 5 aromatic rings. The number of hydrogen-bond donors (Lipinski definition) is 0. The lowest BCUT2D eigenvalue weighted by molar-refractivity contribution is -0.166. The Morgan fingerprint density at radius 2 is 1.18 bits per heavy atom. The van der Waals surface area contributed by atoms with Crippen molar-refractivity contribution in [1.82, 2.24) is 4.90 Å². The van der Waals surface area contributed by atoms with E-state index in [0.717, 1.165) is 21.5 Å². The van der Waals surface area contributed by atoms with Crippen LogP contribution in [0.15, 0.2) is 164 Å². The molecule has 0 aliphatic carbocycles. The van der Waals surface area contributed by atoms with Crippen LogP contribution in [-0.4, -0.2) is 54.6 Å². The van der Waals surface area contributed by atoms with E-state index in [4.69, 9.17) is 13.9 Å². The Hall–Kier alpha value is -5.60. The van der Waals surface area contributed by atoms with Gasteiger partial charge in [-0.1, -0.05) is 166 Å². The van der Waals surface area contributed by atoms with Crippen LogP contribution in [0.2, 0.25) is 18.1 Å². The number of esters is 3. The van der Waals surface area contributed by atoms with Crippen LogP contribution in [0.3, 0.4) is 0 Å². The molecule has 1 heterocycles. The van der Waals surface area contributed by atoms with Crippen molar-refractivity contribution in [3.63, 3.8) is 0 Å². The Balaban J connectivity index is 1.66. The fourth-order valence-corrected chi connectivity index (χ4v) is 13.7. The Morgan fingerprint density at radius 3 is 1.62 bits per heavy atom. The minimum absolute atomic E-state index is 0.112. The largest absolute Gasteiger partial charge is 0.452 e. The van der Waals surface area contributed by atoms with Gasteiger partial charge in [-0.05, 0) is 65.6 Å². The number of nitrogens with zero attached hydrogens (tertiary/aromatic N) is 1. The van der Waals surface area contributed by atoms with Crippen LogP contribution in [0.1, 0.15) is 63.1 Å². The van der Waals surface area contributed by atoms with Gasteiger partial charge < -0.3 is 18.8 Å². The maximum absolute atomic E-state index is 15.8. The van der Waals surface area contributed by atoms with E-state index in [2.05, 4.69) is 40.4 Å². The molecule has 0 saturated carbocycles. The van der Waals surface area contributed by atoms with Crippen molar-refractivity contribution in [2.75, 3.05) is 0 Å². The summed E-state index contributed by atoms with van der Waals surface area (Å²) in [6.07, 6.45) is 0.595. The topological polar surface area (TPSA) is 99.2 Å². The number of hydrogen-bond acceptors (Lipinski definition) is 7. The van der Waals surface area contributed by atoms with E-state index >= 15 is 9.59 Å². The van der Waals surface area contributed by atoms with Crippen molar-refractivity contribution in [3.05, 3.63) is 175 Å². The Kier molecular flexibility index (Phi) is 14.0. The molecule has 1 aliphatic heterocycles. The van der Waals surface area contributed by atoms with E-state index in [0.29, 0.717) is 6.42 Å². The van der Waals surface area contributed by atoms with Gasteiger partial charge in [0.25, 0.3) is 0 Å². The van der Waals surface area contributed by atoms with Crippen molar-refractivity contribution < 1.29 is 33.1 Å². The van der Waals surface area contributed by atoms with E-state index in [-0.39, 0.29) is 21.9 Å². The average molecular weight is 854 g/mol. The summed E-state index contributed by atoms with van der Waals surface area (Å²) in [5, 5.41) is 2.21. The number of carbonyl (C=O) groups is 4. The summed E-state index contributed by atoms with van der Waals surface area (Å²) in [5.41, 5.74) is 1.08. The Labute approximate surface area is 361 Å². The molecule has 10 heteroatoms. The molecule has 0 aromatic heterocycles. The van der Waals surface area contributed by atoms with Crippen molar-refractivity contribution in [2.24, 2.45) is 11.8 Å². The van der Waals surface area contributed by atoms with Gasteiger partial charge >= 0.3 is 17.9 Å². The predicted molar refractivity (Wildman–Crippen MR) is 248 cm³/mol. The van der Waals surface area contributed by atoms with Gasteiger partial charge in [0.05, 0.1) is 29.5 Å². The molecule has 61 heavy (non-hydrogen) atoms. The third-order valence-electron chi connectivity index (χ3n) is 12.0. The summed E-state index contributed by atoms with van der Waals surface area (Å²) < 4.78 is 19.1. The van der Waals surface area contributed by atoms with E-state index in [1.807, 2.05) is 128 Å². The molecule has 0 N–H and O–H groups in total. The number of ether oxygens (including phenoxy) is 2. The summed E-state index contributed by atoms with van der Waals surface area (Å²) in [6, 6.07) is 45.9. The molecule has 1 saturated heterocycles. The zero-order valence-electron chi connectivity index (χ0n) is 36.1. The Morgan fingerprint density at radius 1 is 0.738 bits per heavy atom. The third kappa shape index (κ3) is 9.20. The van der Waals surface area contributed by atoms with Gasteiger partial charge in [0, 0.05) is 13.3 Å². The second kappa shape index (κ2) is 19.0. The lowest BCUT2D eigenvalue weighted by Gasteiger charge is -2.54. The van der Waals surface area contributed by atoms with Gasteiger partial charge in [0.1, 0.15) is 11.5 Å². The minimum Gasteiger partial charge on any atom is -0.452 e. The molecule has 1 unspecified atom stereocenters. The van der Waals surface area contributed by atoms with Crippen molar-refractivity contribution in [3.8, 4) is 0 Å². The van der Waals surface area contributed by atoms with Crippen LogP contribution in [0.5, 0.6) is 0 Å². The number of rotatable bonds is 15. The summed E-state index contributed by atoms with van der Waals surface area (Å²) >= 11 is 0. The molecule has 5 aromatic carbocycles. The van der Waals surface area contributed by atoms with Crippen molar-refractivity contribution in [1.29, 1.82) is 0 Å². The Bertz CT molecular complexity index is 2280. The SMILES string of the molecule is C=CCC(OC(=O)C(N1C(=O)[C@H]([C@@H](C)O[Si](C)(C)C(C)(C)C)[C@@H]1[C@@H](C)C(=O)OC(=O)c1ccccc1)=P(c1ccccc1)(c1ccccc1)c1ccccc1)c1ccccc1. The molecule has 8 nitrogen and oxygen atoms in total. The van der Waals surface area contributed by atoms with Gasteiger partial charge in [-0.2, -0.15) is 0 Å². The summed E-state index contributed by atoms with van der Waals surface area (Å²) in [4.78, 5) is 60.6. The molecular weight excluding hydrogens is 798 g/mol. The van der Waals surface area contributed by atoms with E-state index in [9.17, 15) is 9.59 Å². The molecule has 0 spiro atoms. The molecule has 0 radical (unpaired) electrons. The maximum Gasteiger partial charge on any atom is 0.356 e. The van der Waals surface area contributed by atoms with Gasteiger partial charge in [0.15, 0.2) is 8.32 Å². The lowest BCUT2D eigenvalue weighted by Crippen LogP contribution is -2.71. The fourth-order valence-electron chi connectivity index (χ4n) is 7.88. The van der Waals surface area contributed by atoms with E-state index in [1.54, 1.807) is 43.3 Å². The molecular formula is C51H56NO7PSi. The monoisotopic (exact) mass is 853 g/mol. The summed E-state index contributed by atoms with van der Waals surface area (Å²) in [5.74, 6) is -4.71. The molecule has 5 atom stereocenters. The molecule has 1 fully saturated rings. The zero-order valence-corrected chi connectivity index (χ0v) is 38.0. The van der Waals surface area contributed by atoms with Gasteiger partial charge in [-0.25, -0.2) is 9.59 Å². The first-order valence-electron chi connectivity index (χ1n) is 20.8. The second-order valence-electron chi connectivity index (χ2n) is 17.0. The van der Waals surface area contributed by atoms with Crippen LogP contribution in [0.4, 0.5) is 0 Å². The first-order valence-corrected chi connectivity index (χ1v) is 25.5. The highest BCUT2D eigenvalue weighted by atomic mass is 31.2. The van der Waals surface area contributed by atoms with Crippen molar-refractivity contribution in [2.45, 2.75) is 77.4 Å². The van der Waals surface area contributed by atoms with Crippen LogP contribution >= 0.6 is 6.89 Å². The average Bonchev–Trinajstić information content (AvgIpc) is 3.26. The van der Waals surface area contributed by atoms with Crippen LogP contribution in [0, 0.1) is 11.8 Å². The highest BCUT2D eigenvalue weighted by Crippen LogP contribution is 2.51. The molecule has 316 valence electrons. The molecule has 6 rings (SSSR count). The molecule has 1 aliphatic rings. The zero-order chi connectivity index (χ0) is 44.0. The highest BCUT2D eigenvalue weighted by Gasteiger charge is 2.60. The predicted octanol–water partition coefficient (Wildman–Crippen LogP) is 9.23. The number of β-lactam (4-membered cyclic amide) rings is 1. The number of amides is 1. The standard InChI is InChI=1S/C51H56NO7PSi/c1-9-25-43(38-26-15-10-16-27-38)57-50(56)47(60(40-30-19-12-20-31-40,41-32-21-13-22-33-41)42-34-23-14-24-35-42)52-45(36(2)48(54)58-49(55)39-28-17-11-18-29-39)44(46(52)53)37(3)59-61(7,8)51(4,5)6/h9-24,26-37,43-45H,1,25H2,2-8H3/t36-,37-,43?,44-,45+/m1/s1. The van der Waals surface area contributed by atoms with E-state index in [1.165, 1.54) is 4.90 Å². The smallest absolute Gasteiger partial charge is 0.356 e. The highest BCUT2D eigenvalue weighted by molar-refractivity contribution is 7.96. The minimum atomic E-state index is -3.38. The van der Waals surface area contributed by atoms with Gasteiger partial charge in [0.2, 0.25) is 5.91 Å². The van der Waals surface area contributed by atoms with Gasteiger partial charge in [-0.15, -0.1) is 6.58 Å². The first kappa shape index (κ1) is 44.9. The molecule has 0 bridgehead atoms. The number of likely N-dealkylation sites (tertiary alicyclic amines) is 1. The van der Waals surface area contributed by atoms with Crippen molar-refractivity contribution >= 4 is 60.3 Å². The second-order valence-corrected chi connectivity index (χ2v) is 25.1. The summed E-state index contributed by atoms with van der Waals surface area (Å²) in [6.45, 7) is 14.7. The van der Waals surface area contributed by atoms with Crippen LogP contribution in [-0.2, 0) is 28.3 Å². The van der Waals surface area contributed by atoms with E-state index < -0.39 is 63.2 Å². The third-order valence-corrected chi connectivity index (χ3v) is 20.9. The number of carbonyl (C=O) groups excluding carboxylic acids is 4. The summed E-state index contributed by atoms with van der Waals surface area (Å²) in [7, 11) is -2.48. The van der Waals surface area contributed by atoms with Crippen LogP contribution < -0.4 is 15.9 Å². The number of benzene rings is 5. The first-order chi connectivity index (χ1) is 29.1. The molecule has 1 amide bonds. The normalized spacial score (nSPS) is 17.0. The fraction of sp³-hybridized carbons (Fsp3) is 0.275.